The normalized spacial score (nSPS) is 14.5. The maximum absolute atomic E-state index is 13.3. The molecule has 156 valence electrons. The molecule has 6 heteroatoms. The molecule has 0 aliphatic heterocycles. The van der Waals surface area contributed by atoms with Gasteiger partial charge in [0.2, 0.25) is 6.10 Å². The van der Waals surface area contributed by atoms with Gasteiger partial charge in [-0.3, -0.25) is 9.59 Å². The van der Waals surface area contributed by atoms with Crippen molar-refractivity contribution in [1.29, 1.82) is 0 Å². The van der Waals surface area contributed by atoms with Gasteiger partial charge in [0.05, 0.1) is 12.7 Å². The van der Waals surface area contributed by atoms with Crippen molar-refractivity contribution in [2.24, 2.45) is 0 Å². The van der Waals surface area contributed by atoms with E-state index in [9.17, 15) is 14.0 Å². The SMILES string of the molecule is O=C(Cc1coc2ccc3ccccc3c12)OC(C(=O)NC1CC1)c1ccc(F)cc1. The Bertz CT molecular complexity index is 1270. The number of nitrogens with one attached hydrogen (secondary N) is 1. The van der Waals surface area contributed by atoms with Gasteiger partial charge in [-0.25, -0.2) is 4.39 Å². The first kappa shape index (κ1) is 19.3. The first-order valence-corrected chi connectivity index (χ1v) is 10.2. The van der Waals surface area contributed by atoms with Crippen molar-refractivity contribution in [2.45, 2.75) is 31.4 Å². The highest BCUT2D eigenvalue weighted by Gasteiger charge is 2.31. The van der Waals surface area contributed by atoms with Crippen molar-refractivity contribution < 1.29 is 23.1 Å². The number of hydrogen-bond donors (Lipinski definition) is 1. The third-order valence-electron chi connectivity index (χ3n) is 5.46. The molecule has 3 aromatic carbocycles. The molecule has 5 nitrogen and oxygen atoms in total. The Morgan fingerprint density at radius 1 is 1.06 bits per heavy atom. The number of esters is 1. The second-order valence-electron chi connectivity index (χ2n) is 7.80. The van der Waals surface area contributed by atoms with Gasteiger partial charge >= 0.3 is 5.97 Å². The number of amides is 1. The predicted octanol–water partition coefficient (Wildman–Crippen LogP) is 4.83. The van der Waals surface area contributed by atoms with Gasteiger partial charge in [0.15, 0.2) is 0 Å². The van der Waals surface area contributed by atoms with Crippen LogP contribution in [-0.2, 0) is 20.7 Å². The maximum Gasteiger partial charge on any atom is 0.311 e. The molecular weight excluding hydrogens is 397 g/mol. The van der Waals surface area contributed by atoms with Crippen molar-refractivity contribution >= 4 is 33.6 Å². The minimum atomic E-state index is -1.14. The van der Waals surface area contributed by atoms with E-state index in [4.69, 9.17) is 9.15 Å². The van der Waals surface area contributed by atoms with Crippen LogP contribution in [0.1, 0.15) is 30.1 Å². The molecule has 1 amide bonds. The van der Waals surface area contributed by atoms with Crippen LogP contribution in [-0.4, -0.2) is 17.9 Å². The Morgan fingerprint density at radius 3 is 2.61 bits per heavy atom. The van der Waals surface area contributed by atoms with E-state index in [2.05, 4.69) is 5.32 Å². The Labute approximate surface area is 177 Å². The van der Waals surface area contributed by atoms with Gasteiger partial charge in [-0.05, 0) is 41.8 Å². The molecule has 5 rings (SSSR count). The van der Waals surface area contributed by atoms with E-state index in [0.717, 1.165) is 29.0 Å². The monoisotopic (exact) mass is 417 g/mol. The molecule has 1 heterocycles. The predicted molar refractivity (Wildman–Crippen MR) is 114 cm³/mol. The van der Waals surface area contributed by atoms with E-state index in [0.29, 0.717) is 16.7 Å². The lowest BCUT2D eigenvalue weighted by molar-refractivity contribution is -0.155. The summed E-state index contributed by atoms with van der Waals surface area (Å²) in [6.45, 7) is 0. The van der Waals surface area contributed by atoms with E-state index < -0.39 is 23.8 Å². The third kappa shape index (κ3) is 4.01. The first-order valence-electron chi connectivity index (χ1n) is 10.2. The maximum atomic E-state index is 13.3. The zero-order chi connectivity index (χ0) is 21.4. The highest BCUT2D eigenvalue weighted by atomic mass is 19.1. The molecule has 1 saturated carbocycles. The van der Waals surface area contributed by atoms with Gasteiger partial charge in [-0.15, -0.1) is 0 Å². The van der Waals surface area contributed by atoms with E-state index in [1.54, 1.807) is 6.26 Å². The molecule has 1 aliphatic carbocycles. The van der Waals surface area contributed by atoms with Crippen molar-refractivity contribution in [3.05, 3.63) is 83.9 Å². The molecule has 0 spiro atoms. The molecule has 1 aliphatic rings. The molecule has 1 unspecified atom stereocenters. The first-order chi connectivity index (χ1) is 15.1. The van der Waals surface area contributed by atoms with Gasteiger partial charge in [0.25, 0.3) is 5.91 Å². The Hall–Kier alpha value is -3.67. The number of hydrogen-bond acceptors (Lipinski definition) is 4. The van der Waals surface area contributed by atoms with Crippen molar-refractivity contribution in [3.63, 3.8) is 0 Å². The summed E-state index contributed by atoms with van der Waals surface area (Å²) in [7, 11) is 0. The molecule has 1 aromatic heterocycles. The van der Waals surface area contributed by atoms with Gasteiger partial charge in [-0.1, -0.05) is 42.5 Å². The van der Waals surface area contributed by atoms with Crippen LogP contribution in [0.5, 0.6) is 0 Å². The lowest BCUT2D eigenvalue weighted by Gasteiger charge is -2.18. The average molecular weight is 417 g/mol. The third-order valence-corrected chi connectivity index (χ3v) is 5.46. The smallest absolute Gasteiger partial charge is 0.311 e. The summed E-state index contributed by atoms with van der Waals surface area (Å²) in [5.74, 6) is -1.38. The van der Waals surface area contributed by atoms with E-state index >= 15 is 0 Å². The fraction of sp³-hybridized carbons (Fsp3) is 0.200. The van der Waals surface area contributed by atoms with Crippen LogP contribution in [0.25, 0.3) is 21.7 Å². The van der Waals surface area contributed by atoms with Gasteiger partial charge in [-0.2, -0.15) is 0 Å². The number of rotatable bonds is 6. The van der Waals surface area contributed by atoms with Crippen LogP contribution >= 0.6 is 0 Å². The number of fused-ring (bicyclic) bond motifs is 3. The molecule has 0 bridgehead atoms. The van der Waals surface area contributed by atoms with E-state index in [-0.39, 0.29) is 12.5 Å². The Balaban J connectivity index is 1.41. The molecule has 31 heavy (non-hydrogen) atoms. The number of carbonyl (C=O) groups excluding carboxylic acids is 2. The van der Waals surface area contributed by atoms with Gasteiger partial charge in [0, 0.05) is 22.6 Å². The summed E-state index contributed by atoms with van der Waals surface area (Å²) < 4.78 is 24.6. The van der Waals surface area contributed by atoms with Crippen LogP contribution in [0.15, 0.2) is 71.3 Å². The largest absolute Gasteiger partial charge is 0.464 e. The van der Waals surface area contributed by atoms with Gasteiger partial charge in [0.1, 0.15) is 11.4 Å². The average Bonchev–Trinajstić information content (AvgIpc) is 3.50. The minimum absolute atomic E-state index is 0.0462. The molecule has 1 atom stereocenters. The molecule has 1 fully saturated rings. The van der Waals surface area contributed by atoms with Crippen LogP contribution in [0.2, 0.25) is 0 Å². The number of furan rings is 1. The fourth-order valence-corrected chi connectivity index (χ4v) is 3.75. The summed E-state index contributed by atoms with van der Waals surface area (Å²) in [6.07, 6.45) is 2.18. The summed E-state index contributed by atoms with van der Waals surface area (Å²) >= 11 is 0. The summed E-state index contributed by atoms with van der Waals surface area (Å²) in [5.41, 5.74) is 1.80. The fourth-order valence-electron chi connectivity index (χ4n) is 3.75. The summed E-state index contributed by atoms with van der Waals surface area (Å²) in [5, 5.41) is 5.74. The highest BCUT2D eigenvalue weighted by Crippen LogP contribution is 2.31. The van der Waals surface area contributed by atoms with E-state index in [1.807, 2.05) is 36.4 Å². The number of carbonyl (C=O) groups is 2. The van der Waals surface area contributed by atoms with Crippen LogP contribution < -0.4 is 5.32 Å². The zero-order valence-corrected chi connectivity index (χ0v) is 16.6. The number of halogens is 1. The van der Waals surface area contributed by atoms with Crippen molar-refractivity contribution in [3.8, 4) is 0 Å². The van der Waals surface area contributed by atoms with Crippen LogP contribution in [0, 0.1) is 5.82 Å². The Kier molecular flexibility index (Phi) is 4.90. The number of benzene rings is 3. The molecule has 4 aromatic rings. The summed E-state index contributed by atoms with van der Waals surface area (Å²) in [6, 6.07) is 17.2. The molecule has 0 saturated heterocycles. The standard InChI is InChI=1S/C25H20FNO4/c26-18-8-5-16(6-9-18)24(25(29)27-19-10-11-19)31-22(28)13-17-14-30-21-12-7-15-3-1-2-4-20(15)23(17)21/h1-9,12,14,19,24H,10-11,13H2,(H,27,29). The zero-order valence-electron chi connectivity index (χ0n) is 16.6. The summed E-state index contributed by atoms with van der Waals surface area (Å²) in [4.78, 5) is 25.5. The molecular formula is C25H20FNO4. The van der Waals surface area contributed by atoms with Gasteiger partial charge < -0.3 is 14.5 Å². The lowest BCUT2D eigenvalue weighted by atomic mass is 10.0. The molecule has 1 N–H and O–H groups in total. The van der Waals surface area contributed by atoms with Crippen LogP contribution in [0.4, 0.5) is 4.39 Å². The second-order valence-corrected chi connectivity index (χ2v) is 7.80. The topological polar surface area (TPSA) is 68.5 Å². The quantitative estimate of drug-likeness (QED) is 0.456. The highest BCUT2D eigenvalue weighted by molar-refractivity contribution is 6.08. The van der Waals surface area contributed by atoms with E-state index in [1.165, 1.54) is 24.3 Å². The number of ether oxygens (including phenoxy) is 1. The van der Waals surface area contributed by atoms with Crippen molar-refractivity contribution in [2.75, 3.05) is 0 Å². The Morgan fingerprint density at radius 2 is 1.84 bits per heavy atom. The second kappa shape index (κ2) is 7.87. The lowest BCUT2D eigenvalue weighted by Crippen LogP contribution is -2.33. The van der Waals surface area contributed by atoms with Crippen molar-refractivity contribution in [1.82, 2.24) is 5.32 Å². The minimum Gasteiger partial charge on any atom is -0.464 e. The van der Waals surface area contributed by atoms with Crippen LogP contribution in [0.3, 0.4) is 0 Å². The molecule has 0 radical (unpaired) electrons.